The monoisotopic (exact) mass is 443 g/mol. The molecule has 1 atom stereocenters. The minimum atomic E-state index is -0.752. The molecule has 3 aromatic rings. The third kappa shape index (κ3) is 6.07. The van der Waals surface area contributed by atoms with Crippen molar-refractivity contribution in [2.45, 2.75) is 33.7 Å². The van der Waals surface area contributed by atoms with E-state index < -0.39 is 11.9 Å². The van der Waals surface area contributed by atoms with Gasteiger partial charge in [0.15, 0.2) is 0 Å². The Morgan fingerprint density at radius 1 is 0.697 bits per heavy atom. The molecule has 3 aromatic carbocycles. The SMILES string of the molecule is Cc1ccc(C(=O)Nc2ccccc2C(=O)N[C@H](C(=O)Nc2ccccc2C)C(C)C)cc1. The van der Waals surface area contributed by atoms with E-state index >= 15 is 0 Å². The Morgan fingerprint density at radius 3 is 1.94 bits per heavy atom. The molecule has 0 unspecified atom stereocenters. The fraction of sp³-hybridized carbons (Fsp3) is 0.222. The first-order valence-corrected chi connectivity index (χ1v) is 10.9. The molecule has 0 fully saturated rings. The first-order chi connectivity index (χ1) is 15.8. The van der Waals surface area contributed by atoms with Gasteiger partial charge in [-0.15, -0.1) is 0 Å². The quantitative estimate of drug-likeness (QED) is 0.483. The molecule has 3 N–H and O–H groups in total. The van der Waals surface area contributed by atoms with E-state index in [0.717, 1.165) is 11.1 Å². The highest BCUT2D eigenvalue weighted by atomic mass is 16.2. The Balaban J connectivity index is 1.76. The van der Waals surface area contributed by atoms with Crippen molar-refractivity contribution in [2.75, 3.05) is 10.6 Å². The van der Waals surface area contributed by atoms with E-state index in [1.165, 1.54) is 0 Å². The molecular weight excluding hydrogens is 414 g/mol. The molecule has 0 aromatic heterocycles. The highest BCUT2D eigenvalue weighted by Gasteiger charge is 2.26. The molecule has 3 rings (SSSR count). The van der Waals surface area contributed by atoms with Crippen molar-refractivity contribution >= 4 is 29.1 Å². The number of amides is 3. The van der Waals surface area contributed by atoms with Gasteiger partial charge in [0, 0.05) is 11.3 Å². The maximum Gasteiger partial charge on any atom is 0.255 e. The van der Waals surface area contributed by atoms with Crippen LogP contribution in [0.3, 0.4) is 0 Å². The number of hydrogen-bond donors (Lipinski definition) is 3. The maximum absolute atomic E-state index is 13.1. The van der Waals surface area contributed by atoms with E-state index in [1.54, 1.807) is 36.4 Å². The number of nitrogens with one attached hydrogen (secondary N) is 3. The van der Waals surface area contributed by atoms with Crippen LogP contribution in [0.15, 0.2) is 72.8 Å². The first-order valence-electron chi connectivity index (χ1n) is 10.9. The van der Waals surface area contributed by atoms with E-state index in [0.29, 0.717) is 16.9 Å². The van der Waals surface area contributed by atoms with Crippen molar-refractivity contribution < 1.29 is 14.4 Å². The Kier molecular flexibility index (Phi) is 7.61. The summed E-state index contributed by atoms with van der Waals surface area (Å²) in [6.07, 6.45) is 0. The van der Waals surface area contributed by atoms with Crippen molar-refractivity contribution in [1.29, 1.82) is 0 Å². The molecule has 33 heavy (non-hydrogen) atoms. The number of carbonyl (C=O) groups excluding carboxylic acids is 3. The number of rotatable bonds is 7. The Morgan fingerprint density at radius 2 is 1.30 bits per heavy atom. The van der Waals surface area contributed by atoms with Gasteiger partial charge in [-0.25, -0.2) is 0 Å². The van der Waals surface area contributed by atoms with E-state index in [1.807, 2.05) is 64.1 Å². The van der Waals surface area contributed by atoms with Crippen LogP contribution in [0.25, 0.3) is 0 Å². The smallest absolute Gasteiger partial charge is 0.255 e. The summed E-state index contributed by atoms with van der Waals surface area (Å²) in [4.78, 5) is 38.7. The summed E-state index contributed by atoms with van der Waals surface area (Å²) in [5, 5.41) is 8.53. The second-order valence-corrected chi connectivity index (χ2v) is 8.37. The van der Waals surface area contributed by atoms with Crippen molar-refractivity contribution in [3.05, 3.63) is 95.1 Å². The lowest BCUT2D eigenvalue weighted by atomic mass is 10.0. The van der Waals surface area contributed by atoms with Crippen LogP contribution < -0.4 is 16.0 Å². The molecule has 0 aliphatic rings. The lowest BCUT2D eigenvalue weighted by Crippen LogP contribution is -2.47. The second kappa shape index (κ2) is 10.6. The van der Waals surface area contributed by atoms with Crippen molar-refractivity contribution in [3.8, 4) is 0 Å². The highest BCUT2D eigenvalue weighted by molar-refractivity contribution is 6.10. The van der Waals surface area contributed by atoms with Gasteiger partial charge in [-0.3, -0.25) is 14.4 Å². The molecule has 0 radical (unpaired) electrons. The largest absolute Gasteiger partial charge is 0.340 e. The number of benzene rings is 3. The summed E-state index contributed by atoms with van der Waals surface area (Å²) < 4.78 is 0. The third-order valence-corrected chi connectivity index (χ3v) is 5.37. The maximum atomic E-state index is 13.1. The van der Waals surface area contributed by atoms with Crippen LogP contribution in [0.2, 0.25) is 0 Å². The van der Waals surface area contributed by atoms with Crippen LogP contribution in [-0.2, 0) is 4.79 Å². The minimum absolute atomic E-state index is 0.146. The fourth-order valence-corrected chi connectivity index (χ4v) is 3.37. The zero-order chi connectivity index (χ0) is 24.0. The van der Waals surface area contributed by atoms with Gasteiger partial charge >= 0.3 is 0 Å². The zero-order valence-electron chi connectivity index (χ0n) is 19.3. The fourth-order valence-electron chi connectivity index (χ4n) is 3.37. The number of para-hydroxylation sites is 2. The van der Waals surface area contributed by atoms with Gasteiger partial charge in [0.05, 0.1) is 11.3 Å². The normalized spacial score (nSPS) is 11.5. The van der Waals surface area contributed by atoms with Gasteiger partial charge in [-0.2, -0.15) is 0 Å². The van der Waals surface area contributed by atoms with Crippen LogP contribution in [-0.4, -0.2) is 23.8 Å². The molecule has 0 aliphatic heterocycles. The molecule has 3 amide bonds. The van der Waals surface area contributed by atoms with Crippen molar-refractivity contribution in [3.63, 3.8) is 0 Å². The minimum Gasteiger partial charge on any atom is -0.340 e. The molecule has 0 bridgehead atoms. The van der Waals surface area contributed by atoms with E-state index in [9.17, 15) is 14.4 Å². The van der Waals surface area contributed by atoms with E-state index in [-0.39, 0.29) is 23.3 Å². The van der Waals surface area contributed by atoms with Crippen molar-refractivity contribution in [1.82, 2.24) is 5.32 Å². The molecule has 6 heteroatoms. The van der Waals surface area contributed by atoms with Crippen LogP contribution in [0.1, 0.15) is 45.7 Å². The Hall–Kier alpha value is -3.93. The summed E-state index contributed by atoms with van der Waals surface area (Å²) in [7, 11) is 0. The third-order valence-electron chi connectivity index (χ3n) is 5.37. The molecule has 6 nitrogen and oxygen atoms in total. The Bertz CT molecular complexity index is 1150. The van der Waals surface area contributed by atoms with Crippen LogP contribution in [0.5, 0.6) is 0 Å². The van der Waals surface area contributed by atoms with Gasteiger partial charge in [-0.1, -0.05) is 61.9 Å². The van der Waals surface area contributed by atoms with E-state index in [2.05, 4.69) is 16.0 Å². The summed E-state index contributed by atoms with van der Waals surface area (Å²) in [6, 6.07) is 20.6. The molecule has 0 aliphatic carbocycles. The average molecular weight is 444 g/mol. The highest BCUT2D eigenvalue weighted by Crippen LogP contribution is 2.19. The molecule has 0 saturated carbocycles. The van der Waals surface area contributed by atoms with Crippen LogP contribution >= 0.6 is 0 Å². The summed E-state index contributed by atoms with van der Waals surface area (Å²) in [6.45, 7) is 7.59. The molecule has 0 saturated heterocycles. The van der Waals surface area contributed by atoms with Gasteiger partial charge in [0.2, 0.25) is 5.91 Å². The first kappa shape index (κ1) is 23.7. The number of carbonyl (C=O) groups is 3. The predicted molar refractivity (Wildman–Crippen MR) is 131 cm³/mol. The van der Waals surface area contributed by atoms with E-state index in [4.69, 9.17) is 0 Å². The number of aryl methyl sites for hydroxylation is 2. The molecule has 0 heterocycles. The summed E-state index contributed by atoms with van der Waals surface area (Å²) in [5.74, 6) is -1.19. The number of hydrogen-bond acceptors (Lipinski definition) is 3. The summed E-state index contributed by atoms with van der Waals surface area (Å²) >= 11 is 0. The lowest BCUT2D eigenvalue weighted by Gasteiger charge is -2.23. The summed E-state index contributed by atoms with van der Waals surface area (Å²) in [5.41, 5.74) is 3.84. The topological polar surface area (TPSA) is 87.3 Å². The second-order valence-electron chi connectivity index (χ2n) is 8.37. The molecule has 170 valence electrons. The number of anilines is 2. The standard InChI is InChI=1S/C27H29N3O3/c1-17(2)24(27(33)28-22-11-7-5-9-19(22)4)30-26(32)21-10-6-8-12-23(21)29-25(31)20-15-13-18(3)14-16-20/h5-17,24H,1-4H3,(H,28,33)(H,29,31)(H,30,32)/t24-/m0/s1. The lowest BCUT2D eigenvalue weighted by molar-refractivity contribution is -0.118. The molecule has 0 spiro atoms. The Labute approximate surface area is 194 Å². The van der Waals surface area contributed by atoms with Gasteiger partial charge in [0.1, 0.15) is 6.04 Å². The average Bonchev–Trinajstić information content (AvgIpc) is 2.79. The zero-order valence-corrected chi connectivity index (χ0v) is 19.3. The van der Waals surface area contributed by atoms with Gasteiger partial charge in [0.25, 0.3) is 11.8 Å². The van der Waals surface area contributed by atoms with Crippen LogP contribution in [0.4, 0.5) is 11.4 Å². The predicted octanol–water partition coefficient (Wildman–Crippen LogP) is 4.95. The van der Waals surface area contributed by atoms with Gasteiger partial charge in [-0.05, 0) is 55.7 Å². The van der Waals surface area contributed by atoms with Crippen LogP contribution in [0, 0.1) is 19.8 Å². The molecular formula is C27H29N3O3. The van der Waals surface area contributed by atoms with Gasteiger partial charge < -0.3 is 16.0 Å². The van der Waals surface area contributed by atoms with Crippen molar-refractivity contribution in [2.24, 2.45) is 5.92 Å².